The maximum Gasteiger partial charge on any atom is 0.245 e. The quantitative estimate of drug-likeness (QED) is 0.722. The van der Waals surface area contributed by atoms with Crippen molar-refractivity contribution in [3.8, 4) is 0 Å². The largest absolute Gasteiger partial charge is 0.354 e. The maximum absolute atomic E-state index is 12.2. The molecule has 0 fully saturated rings. The van der Waals surface area contributed by atoms with Gasteiger partial charge in [-0.05, 0) is 25.8 Å². The number of nitrogens with one attached hydrogen (secondary N) is 2. The van der Waals surface area contributed by atoms with Gasteiger partial charge in [-0.1, -0.05) is 37.3 Å². The van der Waals surface area contributed by atoms with Crippen molar-refractivity contribution in [3.63, 3.8) is 0 Å². The molecule has 0 bridgehead atoms. The van der Waals surface area contributed by atoms with Crippen LogP contribution in [0.1, 0.15) is 32.8 Å². The summed E-state index contributed by atoms with van der Waals surface area (Å²) in [6, 6.07) is 8.48. The van der Waals surface area contributed by atoms with Crippen molar-refractivity contribution < 1.29 is 9.59 Å². The summed E-state index contributed by atoms with van der Waals surface area (Å²) >= 11 is 0. The van der Waals surface area contributed by atoms with Crippen molar-refractivity contribution in [3.05, 3.63) is 35.9 Å². The van der Waals surface area contributed by atoms with Crippen molar-refractivity contribution in [1.29, 1.82) is 0 Å². The molecule has 1 aromatic rings. The van der Waals surface area contributed by atoms with Gasteiger partial charge in [0.1, 0.15) is 11.6 Å². The number of carbonyl (C=O) groups is 2. The number of hydrogen-bond acceptors (Lipinski definition) is 3. The average Bonchev–Trinajstić information content (AvgIpc) is 2.45. The number of rotatable bonds is 6. The van der Waals surface area contributed by atoms with Crippen molar-refractivity contribution in [1.82, 2.24) is 10.6 Å². The molecule has 0 aliphatic carbocycles. The van der Waals surface area contributed by atoms with Crippen LogP contribution >= 0.6 is 0 Å². The van der Waals surface area contributed by atoms with E-state index in [1.165, 1.54) is 0 Å². The van der Waals surface area contributed by atoms with Gasteiger partial charge < -0.3 is 16.4 Å². The van der Waals surface area contributed by atoms with E-state index in [0.717, 1.165) is 6.42 Å². The maximum atomic E-state index is 12.2. The highest BCUT2D eigenvalue weighted by Gasteiger charge is 2.32. The van der Waals surface area contributed by atoms with Crippen LogP contribution in [0, 0.1) is 0 Å². The first-order chi connectivity index (χ1) is 9.39. The van der Waals surface area contributed by atoms with Gasteiger partial charge in [0, 0.05) is 6.54 Å². The summed E-state index contributed by atoms with van der Waals surface area (Å²) in [6.45, 7) is 5.84. The van der Waals surface area contributed by atoms with Crippen LogP contribution in [0.4, 0.5) is 0 Å². The molecule has 0 aliphatic heterocycles. The molecular formula is C15H23N3O2. The third-order valence-electron chi connectivity index (χ3n) is 3.14. The number of nitrogens with two attached hydrogens (primary N) is 1. The predicted molar refractivity (Wildman–Crippen MR) is 78.9 cm³/mol. The Kier molecular flexibility index (Phi) is 5.70. The summed E-state index contributed by atoms with van der Waals surface area (Å²) < 4.78 is 0. The molecule has 0 heterocycles. The zero-order chi connectivity index (χ0) is 15.2. The standard InChI is InChI=1S/C15H23N3O2/c1-4-10-17-13(19)11(2)18-14(20)15(3,16)12-8-6-5-7-9-12/h5-9,11H,4,10,16H2,1-3H3,(H,17,19)(H,18,20). The molecule has 0 radical (unpaired) electrons. The van der Waals surface area contributed by atoms with Gasteiger partial charge in [-0.2, -0.15) is 0 Å². The highest BCUT2D eigenvalue weighted by atomic mass is 16.2. The second-order valence-corrected chi connectivity index (χ2v) is 5.05. The molecule has 0 aliphatic rings. The second-order valence-electron chi connectivity index (χ2n) is 5.05. The summed E-state index contributed by atoms with van der Waals surface area (Å²) in [6.07, 6.45) is 0.852. The summed E-state index contributed by atoms with van der Waals surface area (Å²) in [7, 11) is 0. The third-order valence-corrected chi connectivity index (χ3v) is 3.14. The number of amides is 2. The van der Waals surface area contributed by atoms with Crippen LogP contribution < -0.4 is 16.4 Å². The Balaban J connectivity index is 2.68. The van der Waals surface area contributed by atoms with E-state index in [9.17, 15) is 9.59 Å². The van der Waals surface area contributed by atoms with Crippen LogP contribution in [0.5, 0.6) is 0 Å². The molecular weight excluding hydrogens is 254 g/mol. The molecule has 5 nitrogen and oxygen atoms in total. The predicted octanol–water partition coefficient (Wildman–Crippen LogP) is 0.891. The SMILES string of the molecule is CCCNC(=O)C(C)NC(=O)C(C)(N)c1ccccc1. The minimum absolute atomic E-state index is 0.205. The normalized spacial score (nSPS) is 15.0. The fourth-order valence-corrected chi connectivity index (χ4v) is 1.73. The first-order valence-electron chi connectivity index (χ1n) is 6.82. The summed E-state index contributed by atoms with van der Waals surface area (Å²) in [5.41, 5.74) is 5.63. The van der Waals surface area contributed by atoms with Gasteiger partial charge in [0.25, 0.3) is 0 Å². The Bertz CT molecular complexity index is 457. The highest BCUT2D eigenvalue weighted by molar-refractivity contribution is 5.92. The molecule has 5 heteroatoms. The molecule has 110 valence electrons. The molecule has 2 unspecified atom stereocenters. The van der Waals surface area contributed by atoms with E-state index in [2.05, 4.69) is 10.6 Å². The van der Waals surface area contributed by atoms with E-state index in [0.29, 0.717) is 12.1 Å². The molecule has 0 spiro atoms. The molecule has 4 N–H and O–H groups in total. The van der Waals surface area contributed by atoms with Crippen LogP contribution in [0.25, 0.3) is 0 Å². The Labute approximate surface area is 119 Å². The minimum atomic E-state index is -1.17. The molecule has 2 amide bonds. The molecule has 0 aromatic heterocycles. The van der Waals surface area contributed by atoms with E-state index >= 15 is 0 Å². The van der Waals surface area contributed by atoms with Crippen molar-refractivity contribution >= 4 is 11.8 Å². The Hall–Kier alpha value is -1.88. The lowest BCUT2D eigenvalue weighted by molar-refractivity contribution is -0.131. The lowest BCUT2D eigenvalue weighted by atomic mass is 9.92. The van der Waals surface area contributed by atoms with Crippen LogP contribution in [0.3, 0.4) is 0 Å². The van der Waals surface area contributed by atoms with Crippen LogP contribution in [-0.4, -0.2) is 24.4 Å². The molecule has 1 aromatic carbocycles. The second kappa shape index (κ2) is 7.05. The van der Waals surface area contributed by atoms with Gasteiger partial charge in [-0.3, -0.25) is 9.59 Å². The van der Waals surface area contributed by atoms with E-state index in [1.54, 1.807) is 26.0 Å². The summed E-state index contributed by atoms with van der Waals surface area (Å²) in [5, 5.41) is 5.39. The first kappa shape index (κ1) is 16.2. The smallest absolute Gasteiger partial charge is 0.245 e. The molecule has 1 rings (SSSR count). The van der Waals surface area contributed by atoms with E-state index in [4.69, 9.17) is 5.73 Å². The monoisotopic (exact) mass is 277 g/mol. The topological polar surface area (TPSA) is 84.2 Å². The van der Waals surface area contributed by atoms with E-state index in [1.807, 2.05) is 25.1 Å². The van der Waals surface area contributed by atoms with Gasteiger partial charge in [-0.25, -0.2) is 0 Å². The number of hydrogen-bond donors (Lipinski definition) is 3. The van der Waals surface area contributed by atoms with Crippen molar-refractivity contribution in [2.24, 2.45) is 5.73 Å². The van der Waals surface area contributed by atoms with Gasteiger partial charge in [0.2, 0.25) is 11.8 Å². The molecule has 0 saturated carbocycles. The highest BCUT2D eigenvalue weighted by Crippen LogP contribution is 2.17. The van der Waals surface area contributed by atoms with Crippen LogP contribution in [-0.2, 0) is 15.1 Å². The lowest BCUT2D eigenvalue weighted by Crippen LogP contribution is -2.54. The van der Waals surface area contributed by atoms with Gasteiger partial charge in [-0.15, -0.1) is 0 Å². The number of carbonyl (C=O) groups excluding carboxylic acids is 2. The van der Waals surface area contributed by atoms with Gasteiger partial charge in [0.15, 0.2) is 0 Å². The molecule has 0 saturated heterocycles. The Morgan fingerprint density at radius 1 is 1.30 bits per heavy atom. The van der Waals surface area contributed by atoms with Crippen molar-refractivity contribution in [2.75, 3.05) is 6.54 Å². The van der Waals surface area contributed by atoms with Crippen LogP contribution in [0.2, 0.25) is 0 Å². The van der Waals surface area contributed by atoms with Gasteiger partial charge in [0.05, 0.1) is 0 Å². The fourth-order valence-electron chi connectivity index (χ4n) is 1.73. The zero-order valence-corrected chi connectivity index (χ0v) is 12.3. The fraction of sp³-hybridized carbons (Fsp3) is 0.467. The van der Waals surface area contributed by atoms with Crippen LogP contribution in [0.15, 0.2) is 30.3 Å². The average molecular weight is 277 g/mol. The summed E-state index contributed by atoms with van der Waals surface area (Å²) in [5.74, 6) is -0.577. The lowest BCUT2D eigenvalue weighted by Gasteiger charge is -2.26. The Morgan fingerprint density at radius 3 is 2.45 bits per heavy atom. The van der Waals surface area contributed by atoms with Crippen molar-refractivity contribution in [2.45, 2.75) is 38.8 Å². The van der Waals surface area contributed by atoms with E-state index in [-0.39, 0.29) is 11.8 Å². The molecule has 2 atom stereocenters. The van der Waals surface area contributed by atoms with Gasteiger partial charge >= 0.3 is 0 Å². The molecule has 20 heavy (non-hydrogen) atoms. The summed E-state index contributed by atoms with van der Waals surface area (Å²) in [4.78, 5) is 24.0. The third kappa shape index (κ3) is 4.06. The minimum Gasteiger partial charge on any atom is -0.354 e. The van der Waals surface area contributed by atoms with E-state index < -0.39 is 11.6 Å². The number of benzene rings is 1. The Morgan fingerprint density at radius 2 is 1.90 bits per heavy atom. The first-order valence-corrected chi connectivity index (χ1v) is 6.82. The zero-order valence-electron chi connectivity index (χ0n) is 12.3.